The highest BCUT2D eigenvalue weighted by Crippen LogP contribution is 2.35. The van der Waals surface area contributed by atoms with Crippen molar-refractivity contribution >= 4 is 34.8 Å². The number of aliphatic hydroxyl groups is 2. The molecule has 2 fully saturated rings. The maximum Gasteiger partial charge on any atom is 0.313 e. The molecule has 2 saturated heterocycles. The van der Waals surface area contributed by atoms with Gasteiger partial charge >= 0.3 is 5.97 Å². The summed E-state index contributed by atoms with van der Waals surface area (Å²) in [6, 6.07) is 20.2. The molecule has 0 radical (unpaired) electrons. The van der Waals surface area contributed by atoms with E-state index in [2.05, 4.69) is 39.9 Å². The minimum Gasteiger partial charge on any atom is -0.460 e. The van der Waals surface area contributed by atoms with Crippen LogP contribution in [-0.2, 0) is 19.1 Å². The van der Waals surface area contributed by atoms with Gasteiger partial charge in [0.1, 0.15) is 17.8 Å². The Morgan fingerprint density at radius 3 is 2.31 bits per heavy atom. The van der Waals surface area contributed by atoms with Crippen molar-refractivity contribution in [3.8, 4) is 0 Å². The zero-order valence-corrected chi connectivity index (χ0v) is 28.1. The molecule has 4 aromatic rings. The van der Waals surface area contributed by atoms with Crippen LogP contribution in [0.25, 0.3) is 11.2 Å². The molecule has 2 aliphatic rings. The van der Waals surface area contributed by atoms with Crippen molar-refractivity contribution in [1.29, 1.82) is 0 Å². The van der Waals surface area contributed by atoms with Crippen molar-refractivity contribution in [2.75, 3.05) is 29.9 Å². The Kier molecular flexibility index (Phi) is 9.84. The highest BCUT2D eigenvalue weighted by molar-refractivity contribution is 5.85. The summed E-state index contributed by atoms with van der Waals surface area (Å²) in [6.07, 6.45) is -4.29. The lowest BCUT2D eigenvalue weighted by molar-refractivity contribution is -0.160. The summed E-state index contributed by atoms with van der Waals surface area (Å²) in [5.41, 5.74) is 8.86. The second-order valence-corrected chi connectivity index (χ2v) is 13.4. The second-order valence-electron chi connectivity index (χ2n) is 13.4. The number of fused-ring (bicyclic) bond motifs is 1. The van der Waals surface area contributed by atoms with Crippen LogP contribution in [0.4, 0.5) is 11.8 Å². The molecule has 6 rings (SSSR count). The van der Waals surface area contributed by atoms with E-state index in [1.807, 2.05) is 57.2 Å². The van der Waals surface area contributed by atoms with E-state index in [1.54, 1.807) is 11.8 Å². The van der Waals surface area contributed by atoms with Crippen LogP contribution in [0.2, 0.25) is 0 Å². The highest BCUT2D eigenvalue weighted by Gasteiger charge is 2.48. The first kappa shape index (κ1) is 34.2. The fraction of sp³-hybridized carbons (Fsp3) is 0.457. The molecule has 0 aliphatic carbocycles. The minimum atomic E-state index is -1.48. The number of anilines is 2. The summed E-state index contributed by atoms with van der Waals surface area (Å²) in [4.78, 5) is 41.7. The number of nitrogens with two attached hydrogens (primary N) is 1. The van der Waals surface area contributed by atoms with Crippen LogP contribution in [0.3, 0.4) is 0 Å². The number of carbonyl (C=O) groups excluding carboxylic acids is 2. The minimum absolute atomic E-state index is 0.0449. The van der Waals surface area contributed by atoms with Gasteiger partial charge in [0.25, 0.3) is 5.91 Å². The van der Waals surface area contributed by atoms with Gasteiger partial charge in [-0.1, -0.05) is 60.7 Å². The van der Waals surface area contributed by atoms with E-state index >= 15 is 0 Å². The third-order valence-corrected chi connectivity index (χ3v) is 8.83. The number of imidazole rings is 1. The molecule has 4 heterocycles. The molecule has 49 heavy (non-hydrogen) atoms. The average molecular weight is 673 g/mol. The third kappa shape index (κ3) is 7.08. The van der Waals surface area contributed by atoms with E-state index in [9.17, 15) is 19.8 Å². The molecular weight excluding hydrogens is 628 g/mol. The Morgan fingerprint density at radius 1 is 1.04 bits per heavy atom. The van der Waals surface area contributed by atoms with Crippen LogP contribution < -0.4 is 21.3 Å². The van der Waals surface area contributed by atoms with E-state index in [0.717, 1.165) is 11.1 Å². The number of aromatic nitrogens is 4. The largest absolute Gasteiger partial charge is 0.460 e. The summed E-state index contributed by atoms with van der Waals surface area (Å²) in [6.45, 7) is 8.35. The van der Waals surface area contributed by atoms with Gasteiger partial charge in [0.05, 0.1) is 18.4 Å². The van der Waals surface area contributed by atoms with Crippen molar-refractivity contribution in [3.63, 3.8) is 0 Å². The number of benzene rings is 2. The van der Waals surface area contributed by atoms with Crippen LogP contribution in [0.1, 0.15) is 57.4 Å². The number of esters is 1. The van der Waals surface area contributed by atoms with Crippen molar-refractivity contribution in [3.05, 3.63) is 78.1 Å². The summed E-state index contributed by atoms with van der Waals surface area (Å²) in [5.74, 6) is -0.947. The average Bonchev–Trinajstić information content (AvgIpc) is 3.76. The molecule has 0 spiro atoms. The quantitative estimate of drug-likeness (QED) is 0.155. The van der Waals surface area contributed by atoms with Crippen molar-refractivity contribution in [1.82, 2.24) is 24.8 Å². The van der Waals surface area contributed by atoms with Crippen molar-refractivity contribution in [2.45, 2.75) is 76.3 Å². The number of ether oxygens (including phenoxy) is 2. The van der Waals surface area contributed by atoms with E-state index in [0.29, 0.717) is 37.4 Å². The number of likely N-dealkylation sites (N-methyl/N-ethyl adjacent to an activating group) is 1. The SMILES string of the molecule is CCNC(=O)[C@H]1O[C@@H](n2cnc3c(NCC(c4ccccc4)c4ccccc4)nc(N4CCC(C(=O)OC(C)(C)C)[C@@H]4N)nc32)[C@H](O)[C@@H]1O. The Hall–Kier alpha value is -4.63. The van der Waals surface area contributed by atoms with Gasteiger partial charge in [-0.2, -0.15) is 9.97 Å². The predicted molar refractivity (Wildman–Crippen MR) is 182 cm³/mol. The molecule has 14 nitrogen and oxygen atoms in total. The Balaban J connectivity index is 1.38. The molecule has 6 N–H and O–H groups in total. The summed E-state index contributed by atoms with van der Waals surface area (Å²) in [5, 5.41) is 27.9. The smallest absolute Gasteiger partial charge is 0.313 e. The molecule has 0 saturated carbocycles. The summed E-state index contributed by atoms with van der Waals surface area (Å²) >= 11 is 0. The number of nitrogens with zero attached hydrogens (tertiary/aromatic N) is 5. The number of rotatable bonds is 10. The topological polar surface area (TPSA) is 190 Å². The normalized spacial score (nSPS) is 24.0. The monoisotopic (exact) mass is 672 g/mol. The molecule has 1 unspecified atom stereocenters. The molecule has 2 aliphatic heterocycles. The zero-order valence-electron chi connectivity index (χ0n) is 28.1. The van der Waals surface area contributed by atoms with Crippen molar-refractivity contribution in [2.24, 2.45) is 11.7 Å². The van der Waals surface area contributed by atoms with Gasteiger partial charge in [-0.3, -0.25) is 14.2 Å². The molecule has 2 aromatic carbocycles. The number of aliphatic hydroxyl groups excluding tert-OH is 2. The summed E-state index contributed by atoms with van der Waals surface area (Å²) < 4.78 is 13.1. The maximum atomic E-state index is 13.1. The molecule has 14 heteroatoms. The van der Waals surface area contributed by atoms with Gasteiger partial charge in [0, 0.05) is 25.6 Å². The molecule has 0 bridgehead atoms. The van der Waals surface area contributed by atoms with Gasteiger partial charge in [0.2, 0.25) is 5.95 Å². The van der Waals surface area contributed by atoms with Crippen LogP contribution in [0.15, 0.2) is 67.0 Å². The Labute approximate surface area is 284 Å². The second kappa shape index (κ2) is 14.1. The lowest BCUT2D eigenvalue weighted by Crippen LogP contribution is -2.45. The Bertz CT molecular complexity index is 1730. The number of hydrogen-bond acceptors (Lipinski definition) is 12. The van der Waals surface area contributed by atoms with E-state index < -0.39 is 54.1 Å². The molecule has 2 aromatic heterocycles. The predicted octanol–water partition coefficient (Wildman–Crippen LogP) is 2.28. The lowest BCUT2D eigenvalue weighted by atomic mass is 9.91. The van der Waals surface area contributed by atoms with Gasteiger partial charge in [-0.25, -0.2) is 4.98 Å². The maximum absolute atomic E-state index is 13.1. The van der Waals surface area contributed by atoms with Crippen LogP contribution in [0.5, 0.6) is 0 Å². The van der Waals surface area contributed by atoms with Gasteiger partial charge in [-0.15, -0.1) is 0 Å². The standard InChI is InChI=1S/C35H44N8O6/c1-5-37-31(46)27-25(44)26(45)32(48-27)43-19-39-24-29(38-18-23(20-12-8-6-9-13-20)21-14-10-7-11-15-21)40-34(41-30(24)43)42-17-16-22(28(42)36)33(47)49-35(2,3)4/h6-15,19,22-23,25-28,32,44-45H,5,16-18,36H2,1-4H3,(H,37,46)(H,38,40,41)/t22?,25-,26+,27-,28+,32+/m0/s1. The number of nitrogens with one attached hydrogen (secondary N) is 2. The number of carbonyl (C=O) groups is 2. The number of hydrogen-bond donors (Lipinski definition) is 5. The number of amides is 1. The first-order valence-corrected chi connectivity index (χ1v) is 16.6. The van der Waals surface area contributed by atoms with Gasteiger partial charge < -0.3 is 41.0 Å². The highest BCUT2D eigenvalue weighted by atomic mass is 16.6. The van der Waals surface area contributed by atoms with Gasteiger partial charge in [-0.05, 0) is 45.2 Å². The van der Waals surface area contributed by atoms with Crippen molar-refractivity contribution < 1.29 is 29.3 Å². The summed E-state index contributed by atoms with van der Waals surface area (Å²) in [7, 11) is 0. The zero-order chi connectivity index (χ0) is 34.9. The van der Waals surface area contributed by atoms with Crippen LogP contribution in [0, 0.1) is 5.92 Å². The van der Waals surface area contributed by atoms with Crippen LogP contribution >= 0.6 is 0 Å². The first-order chi connectivity index (χ1) is 23.5. The lowest BCUT2D eigenvalue weighted by Gasteiger charge is -2.27. The fourth-order valence-electron chi connectivity index (χ4n) is 6.40. The fourth-order valence-corrected chi connectivity index (χ4v) is 6.40. The third-order valence-electron chi connectivity index (χ3n) is 8.83. The molecule has 260 valence electrons. The van der Waals surface area contributed by atoms with Crippen LogP contribution in [-0.4, -0.2) is 91.3 Å². The molecule has 6 atom stereocenters. The first-order valence-electron chi connectivity index (χ1n) is 16.6. The van der Waals surface area contributed by atoms with E-state index in [1.165, 1.54) is 10.9 Å². The van der Waals surface area contributed by atoms with Gasteiger partial charge in [0.15, 0.2) is 29.3 Å². The van der Waals surface area contributed by atoms with E-state index in [-0.39, 0.29) is 17.5 Å². The van der Waals surface area contributed by atoms with E-state index in [4.69, 9.17) is 25.2 Å². The molecular formula is C35H44N8O6. The Morgan fingerprint density at radius 2 is 1.69 bits per heavy atom. The molecule has 1 amide bonds.